The van der Waals surface area contributed by atoms with E-state index in [4.69, 9.17) is 4.74 Å². The Bertz CT molecular complexity index is 721. The number of esters is 1. The third-order valence-electron chi connectivity index (χ3n) is 6.43. The van der Waals surface area contributed by atoms with E-state index < -0.39 is 10.7 Å². The fourth-order valence-electron chi connectivity index (χ4n) is 5.89. The molecule has 4 saturated carbocycles. The van der Waals surface area contributed by atoms with Crippen molar-refractivity contribution in [3.8, 4) is 0 Å². The number of carbonyl (C=O) groups excluding carboxylic acids is 2. The summed E-state index contributed by atoms with van der Waals surface area (Å²) in [5.74, 6) is 1.57. The lowest BCUT2D eigenvalue weighted by atomic mass is 9.49. The van der Waals surface area contributed by atoms with E-state index in [1.165, 1.54) is 43.5 Å². The molecule has 4 aliphatic carbocycles. The summed E-state index contributed by atoms with van der Waals surface area (Å²) in [6.07, 6.45) is 7.71. The van der Waals surface area contributed by atoms with Gasteiger partial charge in [-0.1, -0.05) is 12.1 Å². The molecule has 0 N–H and O–H groups in total. The molecule has 0 spiro atoms. The van der Waals surface area contributed by atoms with Crippen LogP contribution in [-0.4, -0.2) is 23.3 Å². The molecule has 1 aromatic rings. The van der Waals surface area contributed by atoms with Gasteiger partial charge in [0, 0.05) is 17.7 Å². The molecule has 5 rings (SSSR count). The molecule has 4 aliphatic rings. The Labute approximate surface area is 152 Å². The lowest BCUT2D eigenvalue weighted by Crippen LogP contribution is -2.47. The van der Waals surface area contributed by atoms with Crippen LogP contribution in [0.3, 0.4) is 0 Å². The molecule has 4 bridgehead atoms. The van der Waals surface area contributed by atoms with Crippen LogP contribution in [0.1, 0.15) is 55.3 Å². The van der Waals surface area contributed by atoms with Crippen molar-refractivity contribution in [2.75, 3.05) is 6.61 Å². The van der Waals surface area contributed by atoms with Crippen LogP contribution in [0.4, 0.5) is 5.69 Å². The van der Waals surface area contributed by atoms with Crippen LogP contribution in [0.5, 0.6) is 0 Å². The third-order valence-corrected chi connectivity index (χ3v) is 6.43. The molecule has 0 unspecified atom stereocenters. The molecule has 0 saturated heterocycles. The second-order valence-corrected chi connectivity index (χ2v) is 8.49. The highest BCUT2D eigenvalue weighted by Crippen LogP contribution is 2.61. The van der Waals surface area contributed by atoms with Crippen molar-refractivity contribution >= 4 is 17.4 Å². The van der Waals surface area contributed by atoms with E-state index in [-0.39, 0.29) is 29.2 Å². The van der Waals surface area contributed by atoms with E-state index in [0.29, 0.717) is 6.42 Å². The van der Waals surface area contributed by atoms with Crippen LogP contribution in [0, 0.1) is 33.3 Å². The molecule has 0 heterocycles. The zero-order valence-corrected chi connectivity index (χ0v) is 14.7. The Hall–Kier alpha value is -2.24. The molecule has 0 radical (unpaired) electrons. The van der Waals surface area contributed by atoms with Crippen LogP contribution in [-0.2, 0) is 9.53 Å². The number of nitro groups is 1. The van der Waals surface area contributed by atoms with Crippen LogP contribution in [0.15, 0.2) is 24.3 Å². The Balaban J connectivity index is 1.34. The zero-order valence-electron chi connectivity index (χ0n) is 14.7. The van der Waals surface area contributed by atoms with Gasteiger partial charge in [0.15, 0.2) is 6.61 Å². The van der Waals surface area contributed by atoms with Gasteiger partial charge in [-0.05, 0) is 61.7 Å². The summed E-state index contributed by atoms with van der Waals surface area (Å²) in [6, 6.07) is 5.51. The first-order valence-corrected chi connectivity index (χ1v) is 9.36. The molecule has 1 aromatic carbocycles. The number of ketones is 1. The molecule has 6 heteroatoms. The number of hydrogen-bond donors (Lipinski definition) is 0. The summed E-state index contributed by atoms with van der Waals surface area (Å²) in [5.41, 5.74) is 0.137. The molecule has 4 fully saturated rings. The fraction of sp³-hybridized carbons (Fsp3) is 0.600. The standard InChI is InChI=1S/C20H23NO5/c22-18(16-2-1-3-17(7-16)21(24)25)12-26-19(23)11-20-8-13-4-14(9-20)6-15(5-13)10-20/h1-3,7,13-15H,4-6,8-12H2. The molecule has 0 atom stereocenters. The Morgan fingerprint density at radius 1 is 1.12 bits per heavy atom. The molecular weight excluding hydrogens is 334 g/mol. The first-order chi connectivity index (χ1) is 12.4. The number of rotatable bonds is 6. The fourth-order valence-corrected chi connectivity index (χ4v) is 5.89. The molecule has 26 heavy (non-hydrogen) atoms. The van der Waals surface area contributed by atoms with Gasteiger partial charge in [-0.3, -0.25) is 19.7 Å². The van der Waals surface area contributed by atoms with E-state index >= 15 is 0 Å². The maximum atomic E-state index is 12.4. The van der Waals surface area contributed by atoms with Gasteiger partial charge in [-0.15, -0.1) is 0 Å². The third kappa shape index (κ3) is 3.37. The van der Waals surface area contributed by atoms with Crippen LogP contribution in [0.2, 0.25) is 0 Å². The normalized spacial score (nSPS) is 31.6. The van der Waals surface area contributed by atoms with Crippen molar-refractivity contribution in [1.29, 1.82) is 0 Å². The van der Waals surface area contributed by atoms with Gasteiger partial charge in [-0.25, -0.2) is 0 Å². The minimum absolute atomic E-state index is 0.0837. The van der Waals surface area contributed by atoms with Crippen LogP contribution >= 0.6 is 0 Å². The van der Waals surface area contributed by atoms with E-state index in [1.54, 1.807) is 0 Å². The highest BCUT2D eigenvalue weighted by molar-refractivity contribution is 5.98. The summed E-state index contributed by atoms with van der Waals surface area (Å²) in [5, 5.41) is 10.8. The number of non-ortho nitro benzene ring substituents is 1. The van der Waals surface area contributed by atoms with E-state index in [1.807, 2.05) is 0 Å². The van der Waals surface area contributed by atoms with Gasteiger partial charge in [0.05, 0.1) is 11.3 Å². The monoisotopic (exact) mass is 357 g/mol. The highest BCUT2D eigenvalue weighted by atomic mass is 16.6. The number of Topliss-reactive ketones (excluding diaryl/α,β-unsaturated/α-hetero) is 1. The largest absolute Gasteiger partial charge is 0.457 e. The number of nitrogens with zero attached hydrogens (tertiary/aromatic N) is 1. The Kier molecular flexibility index (Phi) is 4.29. The Morgan fingerprint density at radius 3 is 2.31 bits per heavy atom. The van der Waals surface area contributed by atoms with Crippen molar-refractivity contribution in [1.82, 2.24) is 0 Å². The van der Waals surface area contributed by atoms with Gasteiger partial charge in [0.1, 0.15) is 0 Å². The molecular formula is C20H23NO5. The minimum atomic E-state index is -0.546. The van der Waals surface area contributed by atoms with Crippen molar-refractivity contribution in [2.24, 2.45) is 23.2 Å². The second kappa shape index (κ2) is 6.49. The summed E-state index contributed by atoms with van der Waals surface area (Å²) in [4.78, 5) is 34.8. The lowest BCUT2D eigenvalue weighted by molar-refractivity contribution is -0.384. The van der Waals surface area contributed by atoms with E-state index in [2.05, 4.69) is 0 Å². The molecule has 6 nitrogen and oxygen atoms in total. The Morgan fingerprint density at radius 2 is 1.73 bits per heavy atom. The first-order valence-electron chi connectivity index (χ1n) is 9.36. The number of carbonyl (C=O) groups is 2. The van der Waals surface area contributed by atoms with Crippen molar-refractivity contribution in [2.45, 2.75) is 44.9 Å². The number of hydrogen-bond acceptors (Lipinski definition) is 5. The smallest absolute Gasteiger partial charge is 0.306 e. The van der Waals surface area contributed by atoms with Gasteiger partial charge in [0.2, 0.25) is 5.78 Å². The van der Waals surface area contributed by atoms with Gasteiger partial charge in [-0.2, -0.15) is 0 Å². The van der Waals surface area contributed by atoms with Crippen molar-refractivity contribution in [3.05, 3.63) is 39.9 Å². The molecule has 0 amide bonds. The lowest BCUT2D eigenvalue weighted by Gasteiger charge is -2.56. The average Bonchev–Trinajstić information content (AvgIpc) is 2.58. The van der Waals surface area contributed by atoms with Gasteiger partial charge >= 0.3 is 5.97 Å². The predicted molar refractivity (Wildman–Crippen MR) is 93.6 cm³/mol. The first kappa shape index (κ1) is 17.2. The number of nitro benzene ring substituents is 1. The van der Waals surface area contributed by atoms with E-state index in [9.17, 15) is 19.7 Å². The maximum absolute atomic E-state index is 12.4. The van der Waals surface area contributed by atoms with Crippen LogP contribution < -0.4 is 0 Å². The summed E-state index contributed by atoms with van der Waals surface area (Å²) in [7, 11) is 0. The zero-order chi connectivity index (χ0) is 18.3. The van der Waals surface area contributed by atoms with Gasteiger partial charge < -0.3 is 4.74 Å². The SMILES string of the molecule is O=C(CC12CC3CC(CC(C3)C1)C2)OCC(=O)c1cccc([N+](=O)[O-])c1. The average molecular weight is 357 g/mol. The van der Waals surface area contributed by atoms with Gasteiger partial charge in [0.25, 0.3) is 5.69 Å². The minimum Gasteiger partial charge on any atom is -0.457 e. The maximum Gasteiger partial charge on any atom is 0.306 e. The summed E-state index contributed by atoms with van der Waals surface area (Å²) < 4.78 is 5.24. The molecule has 0 aliphatic heterocycles. The van der Waals surface area contributed by atoms with Crippen LogP contribution in [0.25, 0.3) is 0 Å². The van der Waals surface area contributed by atoms with E-state index in [0.717, 1.165) is 37.0 Å². The quantitative estimate of drug-likeness (QED) is 0.333. The van der Waals surface area contributed by atoms with Crippen molar-refractivity contribution < 1.29 is 19.2 Å². The highest BCUT2D eigenvalue weighted by Gasteiger charge is 2.51. The van der Waals surface area contributed by atoms with Crippen molar-refractivity contribution in [3.63, 3.8) is 0 Å². The predicted octanol–water partition coefficient (Wildman–Crippen LogP) is 3.93. The molecule has 0 aromatic heterocycles. The second-order valence-electron chi connectivity index (χ2n) is 8.49. The number of ether oxygens (including phenoxy) is 1. The number of benzene rings is 1. The summed E-state index contributed by atoms with van der Waals surface area (Å²) in [6.45, 7) is -0.355. The molecule has 138 valence electrons. The summed E-state index contributed by atoms with van der Waals surface area (Å²) >= 11 is 0. The topological polar surface area (TPSA) is 86.5 Å².